The SMILES string of the molecule is CCCCCCCCCCCCCOCCC[NH2+][O-]. The van der Waals surface area contributed by atoms with Gasteiger partial charge in [0.2, 0.25) is 0 Å². The molecule has 0 heterocycles. The van der Waals surface area contributed by atoms with Crippen LogP contribution < -0.4 is 5.48 Å². The molecule has 2 N–H and O–H groups in total. The van der Waals surface area contributed by atoms with Gasteiger partial charge < -0.3 is 15.4 Å². The Balaban J connectivity index is 2.88. The average Bonchev–Trinajstić information content (AvgIpc) is 2.43. The van der Waals surface area contributed by atoms with Crippen LogP contribution in [-0.4, -0.2) is 19.8 Å². The molecule has 19 heavy (non-hydrogen) atoms. The second-order valence-corrected chi connectivity index (χ2v) is 5.46. The summed E-state index contributed by atoms with van der Waals surface area (Å²) in [7, 11) is 0. The van der Waals surface area contributed by atoms with Gasteiger partial charge in [-0.1, -0.05) is 71.1 Å². The van der Waals surface area contributed by atoms with Crippen LogP contribution in [0.25, 0.3) is 0 Å². The molecule has 0 aliphatic heterocycles. The predicted octanol–water partition coefficient (Wildman–Crippen LogP) is 3.77. The van der Waals surface area contributed by atoms with Crippen LogP contribution >= 0.6 is 0 Å². The molecule has 0 aromatic heterocycles. The van der Waals surface area contributed by atoms with Crippen LogP contribution in [0, 0.1) is 5.21 Å². The zero-order chi connectivity index (χ0) is 14.0. The fourth-order valence-corrected chi connectivity index (χ4v) is 2.24. The number of hydrogen-bond acceptors (Lipinski definition) is 2. The van der Waals surface area contributed by atoms with Gasteiger partial charge >= 0.3 is 0 Å². The molecule has 0 amide bonds. The predicted molar refractivity (Wildman–Crippen MR) is 82.1 cm³/mol. The van der Waals surface area contributed by atoms with E-state index in [0.29, 0.717) is 6.54 Å². The summed E-state index contributed by atoms with van der Waals surface area (Å²) in [5.74, 6) is 0. The van der Waals surface area contributed by atoms with Gasteiger partial charge in [-0.25, -0.2) is 0 Å². The quantitative estimate of drug-likeness (QED) is 0.344. The molecule has 0 unspecified atom stereocenters. The molecular weight excluding hydrogens is 238 g/mol. The molecule has 0 rings (SSSR count). The van der Waals surface area contributed by atoms with Crippen LogP contribution in [0.4, 0.5) is 0 Å². The second kappa shape index (κ2) is 17.9. The monoisotopic (exact) mass is 273 g/mol. The number of ether oxygens (including phenoxy) is 1. The Kier molecular flexibility index (Phi) is 17.8. The fraction of sp³-hybridized carbons (Fsp3) is 1.00. The van der Waals surface area contributed by atoms with Gasteiger partial charge in [0, 0.05) is 13.0 Å². The summed E-state index contributed by atoms with van der Waals surface area (Å²) in [6.07, 6.45) is 16.0. The molecule has 3 heteroatoms. The smallest absolute Gasteiger partial charge is 0.0774 e. The largest absolute Gasteiger partial charge is 0.636 e. The lowest BCUT2D eigenvalue weighted by Crippen LogP contribution is -2.77. The minimum atomic E-state index is 0.637. The van der Waals surface area contributed by atoms with Gasteiger partial charge in [0.15, 0.2) is 0 Å². The normalized spacial score (nSPS) is 11.1. The van der Waals surface area contributed by atoms with E-state index in [1.807, 2.05) is 0 Å². The Hall–Kier alpha value is -0.120. The molecule has 0 aromatic carbocycles. The Labute approximate surface area is 120 Å². The van der Waals surface area contributed by atoms with Gasteiger partial charge in [-0.3, -0.25) is 0 Å². The van der Waals surface area contributed by atoms with E-state index in [0.717, 1.165) is 25.1 Å². The maximum absolute atomic E-state index is 10.1. The third-order valence-electron chi connectivity index (χ3n) is 3.50. The van der Waals surface area contributed by atoms with Crippen molar-refractivity contribution >= 4 is 0 Å². The molecule has 0 aliphatic rings. The number of quaternary nitrogens is 1. The van der Waals surface area contributed by atoms with Gasteiger partial charge in [-0.05, 0) is 6.42 Å². The first kappa shape index (κ1) is 18.9. The van der Waals surface area contributed by atoms with E-state index in [4.69, 9.17) is 4.74 Å². The van der Waals surface area contributed by atoms with Crippen LogP contribution in [0.2, 0.25) is 0 Å². The van der Waals surface area contributed by atoms with E-state index in [2.05, 4.69) is 6.92 Å². The average molecular weight is 273 g/mol. The summed E-state index contributed by atoms with van der Waals surface area (Å²) in [6, 6.07) is 0. The van der Waals surface area contributed by atoms with Gasteiger partial charge in [0.1, 0.15) is 0 Å². The molecule has 116 valence electrons. The van der Waals surface area contributed by atoms with Crippen molar-refractivity contribution in [2.24, 2.45) is 0 Å². The van der Waals surface area contributed by atoms with Crippen LogP contribution in [0.1, 0.15) is 84.0 Å². The van der Waals surface area contributed by atoms with Crippen molar-refractivity contribution in [3.05, 3.63) is 5.21 Å². The highest BCUT2D eigenvalue weighted by molar-refractivity contribution is 4.48. The number of hydrogen-bond donors (Lipinski definition) is 1. The Bertz CT molecular complexity index is 138. The van der Waals surface area contributed by atoms with Gasteiger partial charge in [-0.15, -0.1) is 0 Å². The van der Waals surface area contributed by atoms with E-state index in [-0.39, 0.29) is 0 Å². The second-order valence-electron chi connectivity index (χ2n) is 5.46. The van der Waals surface area contributed by atoms with Gasteiger partial charge in [0.05, 0.1) is 13.2 Å². The van der Waals surface area contributed by atoms with Crippen molar-refractivity contribution in [2.45, 2.75) is 84.0 Å². The number of rotatable bonds is 16. The van der Waals surface area contributed by atoms with Crippen molar-refractivity contribution in [3.8, 4) is 0 Å². The maximum atomic E-state index is 10.1. The van der Waals surface area contributed by atoms with Crippen molar-refractivity contribution in [1.82, 2.24) is 0 Å². The zero-order valence-electron chi connectivity index (χ0n) is 13.0. The summed E-state index contributed by atoms with van der Waals surface area (Å²) >= 11 is 0. The maximum Gasteiger partial charge on any atom is 0.0774 e. The highest BCUT2D eigenvalue weighted by atomic mass is 16.5. The van der Waals surface area contributed by atoms with Crippen LogP contribution in [0.3, 0.4) is 0 Å². The lowest BCUT2D eigenvalue weighted by atomic mass is 10.1. The lowest BCUT2D eigenvalue weighted by molar-refractivity contribution is -0.589. The first-order valence-corrected chi connectivity index (χ1v) is 8.43. The molecule has 0 spiro atoms. The number of nitrogens with two attached hydrogens (primary N) is 1. The summed E-state index contributed by atoms with van der Waals surface area (Å²) < 4.78 is 5.46. The summed E-state index contributed by atoms with van der Waals surface area (Å²) in [5.41, 5.74) is 0.964. The van der Waals surface area contributed by atoms with E-state index in [9.17, 15) is 5.21 Å². The van der Waals surface area contributed by atoms with Crippen LogP contribution in [0.5, 0.6) is 0 Å². The molecule has 0 fully saturated rings. The Morgan fingerprint density at radius 3 is 1.68 bits per heavy atom. The first-order valence-electron chi connectivity index (χ1n) is 8.43. The van der Waals surface area contributed by atoms with Crippen molar-refractivity contribution in [1.29, 1.82) is 0 Å². The van der Waals surface area contributed by atoms with E-state index in [1.54, 1.807) is 0 Å². The van der Waals surface area contributed by atoms with Crippen molar-refractivity contribution in [3.63, 3.8) is 0 Å². The first-order chi connectivity index (χ1) is 9.41. The molecule has 0 saturated heterocycles. The number of hydroxylamine groups is 1. The standard InChI is InChI=1S/C16H35NO2/c1-2-3-4-5-6-7-8-9-10-11-12-15-19-16-13-14-17-18/h2-17H2,1H3. The summed E-state index contributed by atoms with van der Waals surface area (Å²) in [6.45, 7) is 4.52. The molecule has 3 nitrogen and oxygen atoms in total. The Morgan fingerprint density at radius 1 is 0.684 bits per heavy atom. The topological polar surface area (TPSA) is 48.9 Å². The highest BCUT2D eigenvalue weighted by Gasteiger charge is 1.93. The highest BCUT2D eigenvalue weighted by Crippen LogP contribution is 2.11. The summed E-state index contributed by atoms with van der Waals surface area (Å²) in [4.78, 5) is 0. The zero-order valence-corrected chi connectivity index (χ0v) is 13.0. The molecule has 0 aliphatic carbocycles. The van der Waals surface area contributed by atoms with E-state index < -0.39 is 0 Å². The number of unbranched alkanes of at least 4 members (excludes halogenated alkanes) is 10. The lowest BCUT2D eigenvalue weighted by Gasteiger charge is -2.05. The van der Waals surface area contributed by atoms with E-state index in [1.165, 1.54) is 70.6 Å². The molecule has 0 radical (unpaired) electrons. The minimum absolute atomic E-state index is 0.637. The molecular formula is C16H35NO2. The molecule has 0 bridgehead atoms. The van der Waals surface area contributed by atoms with Crippen molar-refractivity contribution < 1.29 is 10.2 Å². The van der Waals surface area contributed by atoms with Gasteiger partial charge in [-0.2, -0.15) is 0 Å². The molecule has 0 atom stereocenters. The third kappa shape index (κ3) is 17.9. The van der Waals surface area contributed by atoms with E-state index >= 15 is 0 Å². The van der Waals surface area contributed by atoms with Gasteiger partial charge in [0.25, 0.3) is 0 Å². The molecule has 0 saturated carbocycles. The van der Waals surface area contributed by atoms with Crippen LogP contribution in [0.15, 0.2) is 0 Å². The summed E-state index contributed by atoms with van der Waals surface area (Å²) in [5, 5.41) is 10.1. The minimum Gasteiger partial charge on any atom is -0.636 e. The van der Waals surface area contributed by atoms with Crippen molar-refractivity contribution in [2.75, 3.05) is 19.8 Å². The third-order valence-corrected chi connectivity index (χ3v) is 3.50. The fourth-order valence-electron chi connectivity index (χ4n) is 2.24. The van der Waals surface area contributed by atoms with Crippen LogP contribution in [-0.2, 0) is 4.74 Å². The molecule has 0 aromatic rings. The Morgan fingerprint density at radius 2 is 1.16 bits per heavy atom.